The van der Waals surface area contributed by atoms with Crippen LogP contribution in [0.5, 0.6) is 0 Å². The molecule has 7 heteroatoms. The molecule has 1 saturated heterocycles. The maximum absolute atomic E-state index is 12.8. The molecule has 7 nitrogen and oxygen atoms in total. The first-order chi connectivity index (χ1) is 12.0. The third-order valence-electron chi connectivity index (χ3n) is 4.80. The van der Waals surface area contributed by atoms with Crippen molar-refractivity contribution >= 4 is 11.7 Å². The highest BCUT2D eigenvalue weighted by Gasteiger charge is 2.25. The van der Waals surface area contributed by atoms with Crippen LogP contribution in [0.2, 0.25) is 0 Å². The van der Waals surface area contributed by atoms with Gasteiger partial charge in [-0.1, -0.05) is 6.92 Å². The Morgan fingerprint density at radius 3 is 2.60 bits per heavy atom. The second-order valence-corrected chi connectivity index (χ2v) is 6.61. The summed E-state index contributed by atoms with van der Waals surface area (Å²) in [5, 5.41) is 4.54. The van der Waals surface area contributed by atoms with Crippen LogP contribution in [-0.2, 0) is 0 Å². The van der Waals surface area contributed by atoms with Crippen LogP contribution >= 0.6 is 0 Å². The van der Waals surface area contributed by atoms with Crippen molar-refractivity contribution in [2.24, 2.45) is 0 Å². The lowest BCUT2D eigenvalue weighted by Crippen LogP contribution is -2.49. The van der Waals surface area contributed by atoms with Gasteiger partial charge in [0.1, 0.15) is 11.6 Å². The van der Waals surface area contributed by atoms with E-state index in [2.05, 4.69) is 33.8 Å². The highest BCUT2D eigenvalue weighted by Crippen LogP contribution is 2.17. The van der Waals surface area contributed by atoms with Crippen LogP contribution in [0.1, 0.15) is 48.3 Å². The van der Waals surface area contributed by atoms with Crippen molar-refractivity contribution < 1.29 is 4.79 Å². The number of aromatic nitrogens is 4. The highest BCUT2D eigenvalue weighted by molar-refractivity contribution is 5.92. The molecule has 134 valence electrons. The van der Waals surface area contributed by atoms with Gasteiger partial charge in [-0.05, 0) is 39.3 Å². The van der Waals surface area contributed by atoms with E-state index in [4.69, 9.17) is 0 Å². The molecule has 3 heterocycles. The lowest BCUT2D eigenvalue weighted by molar-refractivity contribution is 0.0739. The second kappa shape index (κ2) is 7.21. The standard InChI is InChI=1S/C18H26N6O/c1-5-13(2)24-14(3)12-16(21-24)18(25)23-10-8-22(9-11-23)17-6-7-19-15(4)20-17/h6-7,12-13H,5,8-11H2,1-4H3. The summed E-state index contributed by atoms with van der Waals surface area (Å²) in [6.45, 7) is 11.0. The van der Waals surface area contributed by atoms with Gasteiger partial charge in [0.2, 0.25) is 0 Å². The summed E-state index contributed by atoms with van der Waals surface area (Å²) in [4.78, 5) is 25.5. The quantitative estimate of drug-likeness (QED) is 0.852. The van der Waals surface area contributed by atoms with E-state index >= 15 is 0 Å². The summed E-state index contributed by atoms with van der Waals surface area (Å²) in [6, 6.07) is 4.12. The van der Waals surface area contributed by atoms with Gasteiger partial charge in [-0.2, -0.15) is 5.10 Å². The number of hydrogen-bond donors (Lipinski definition) is 0. The van der Waals surface area contributed by atoms with Crippen molar-refractivity contribution in [2.45, 2.75) is 40.2 Å². The van der Waals surface area contributed by atoms with Crippen LogP contribution in [0.3, 0.4) is 0 Å². The summed E-state index contributed by atoms with van der Waals surface area (Å²) >= 11 is 0. The first kappa shape index (κ1) is 17.4. The van der Waals surface area contributed by atoms with Gasteiger partial charge in [-0.15, -0.1) is 0 Å². The molecule has 1 amide bonds. The molecule has 1 atom stereocenters. The molecule has 25 heavy (non-hydrogen) atoms. The first-order valence-corrected chi connectivity index (χ1v) is 8.89. The van der Waals surface area contributed by atoms with Crippen LogP contribution < -0.4 is 4.90 Å². The number of hydrogen-bond acceptors (Lipinski definition) is 5. The van der Waals surface area contributed by atoms with Crippen molar-refractivity contribution in [1.29, 1.82) is 0 Å². The van der Waals surface area contributed by atoms with Gasteiger partial charge in [0, 0.05) is 44.1 Å². The van der Waals surface area contributed by atoms with Gasteiger partial charge in [-0.25, -0.2) is 9.97 Å². The minimum absolute atomic E-state index is 0.0173. The molecule has 1 aliphatic rings. The number of rotatable bonds is 4. The lowest BCUT2D eigenvalue weighted by Gasteiger charge is -2.35. The molecule has 3 rings (SSSR count). The molecule has 1 fully saturated rings. The van der Waals surface area contributed by atoms with E-state index in [9.17, 15) is 4.79 Å². The highest BCUT2D eigenvalue weighted by atomic mass is 16.2. The normalized spacial score (nSPS) is 16.2. The van der Waals surface area contributed by atoms with Gasteiger partial charge < -0.3 is 9.80 Å². The Balaban J connectivity index is 1.66. The largest absolute Gasteiger partial charge is 0.353 e. The molecule has 0 bridgehead atoms. The van der Waals surface area contributed by atoms with E-state index < -0.39 is 0 Å². The van der Waals surface area contributed by atoms with Crippen molar-refractivity contribution in [3.63, 3.8) is 0 Å². The third kappa shape index (κ3) is 3.65. The van der Waals surface area contributed by atoms with Crippen molar-refractivity contribution in [2.75, 3.05) is 31.1 Å². The Hall–Kier alpha value is -2.44. The fourth-order valence-corrected chi connectivity index (χ4v) is 3.13. The smallest absolute Gasteiger partial charge is 0.274 e. The molecule has 0 aromatic carbocycles. The Bertz CT molecular complexity index is 748. The molecule has 0 radical (unpaired) electrons. The molecule has 0 saturated carbocycles. The SMILES string of the molecule is CCC(C)n1nc(C(=O)N2CCN(c3ccnc(C)n3)CC2)cc1C. The Kier molecular flexibility index (Phi) is 5.01. The molecule has 0 N–H and O–H groups in total. The van der Waals surface area contributed by atoms with Crippen molar-refractivity contribution in [1.82, 2.24) is 24.6 Å². The van der Waals surface area contributed by atoms with Crippen LogP contribution in [0.15, 0.2) is 18.3 Å². The number of aryl methyl sites for hydroxylation is 2. The fourth-order valence-electron chi connectivity index (χ4n) is 3.13. The zero-order valence-corrected chi connectivity index (χ0v) is 15.4. The van der Waals surface area contributed by atoms with E-state index in [-0.39, 0.29) is 5.91 Å². The summed E-state index contributed by atoms with van der Waals surface area (Å²) < 4.78 is 1.95. The van der Waals surface area contributed by atoms with Crippen molar-refractivity contribution in [3.05, 3.63) is 35.5 Å². The molecule has 2 aromatic rings. The number of carbonyl (C=O) groups is 1. The van der Waals surface area contributed by atoms with E-state index in [1.54, 1.807) is 6.20 Å². The fraction of sp³-hybridized carbons (Fsp3) is 0.556. The molecular formula is C18H26N6O. The molecule has 0 aliphatic carbocycles. The topological polar surface area (TPSA) is 67.2 Å². The zero-order chi connectivity index (χ0) is 18.0. The maximum Gasteiger partial charge on any atom is 0.274 e. The van der Waals surface area contributed by atoms with Crippen LogP contribution in [0.4, 0.5) is 5.82 Å². The number of amides is 1. The van der Waals surface area contributed by atoms with E-state index in [0.29, 0.717) is 24.8 Å². The Labute approximate surface area is 148 Å². The van der Waals surface area contributed by atoms with Gasteiger partial charge in [0.25, 0.3) is 5.91 Å². The van der Waals surface area contributed by atoms with Gasteiger partial charge >= 0.3 is 0 Å². The Morgan fingerprint density at radius 1 is 1.24 bits per heavy atom. The molecule has 1 unspecified atom stereocenters. The summed E-state index contributed by atoms with van der Waals surface area (Å²) in [5.41, 5.74) is 1.58. The van der Waals surface area contributed by atoms with Crippen LogP contribution in [0.25, 0.3) is 0 Å². The third-order valence-corrected chi connectivity index (χ3v) is 4.80. The van der Waals surface area contributed by atoms with E-state index in [0.717, 1.165) is 36.8 Å². The minimum Gasteiger partial charge on any atom is -0.353 e. The van der Waals surface area contributed by atoms with Gasteiger partial charge in [0.05, 0.1) is 0 Å². The molecule has 2 aromatic heterocycles. The maximum atomic E-state index is 12.8. The van der Waals surface area contributed by atoms with E-state index in [1.165, 1.54) is 0 Å². The lowest BCUT2D eigenvalue weighted by atomic mass is 10.2. The number of nitrogens with zero attached hydrogens (tertiary/aromatic N) is 6. The van der Waals surface area contributed by atoms with Crippen LogP contribution in [-0.4, -0.2) is 56.7 Å². The predicted octanol–water partition coefficient (Wildman–Crippen LogP) is 2.22. The Morgan fingerprint density at radius 2 is 1.96 bits per heavy atom. The van der Waals surface area contributed by atoms with E-state index in [1.807, 2.05) is 35.6 Å². The average Bonchev–Trinajstić information content (AvgIpc) is 3.02. The first-order valence-electron chi connectivity index (χ1n) is 8.89. The monoisotopic (exact) mass is 342 g/mol. The summed E-state index contributed by atoms with van der Waals surface area (Å²) in [7, 11) is 0. The van der Waals surface area contributed by atoms with Crippen molar-refractivity contribution in [3.8, 4) is 0 Å². The number of piperazine rings is 1. The minimum atomic E-state index is 0.0173. The zero-order valence-electron chi connectivity index (χ0n) is 15.4. The average molecular weight is 342 g/mol. The number of carbonyl (C=O) groups excluding carboxylic acids is 1. The second-order valence-electron chi connectivity index (χ2n) is 6.61. The summed E-state index contributed by atoms with van der Waals surface area (Å²) in [6.07, 6.45) is 2.77. The van der Waals surface area contributed by atoms with Gasteiger partial charge in [0.15, 0.2) is 5.69 Å². The summed E-state index contributed by atoms with van der Waals surface area (Å²) in [5.74, 6) is 1.71. The molecule has 0 spiro atoms. The number of anilines is 1. The molecular weight excluding hydrogens is 316 g/mol. The predicted molar refractivity (Wildman–Crippen MR) is 96.9 cm³/mol. The van der Waals surface area contributed by atoms with Crippen LogP contribution in [0, 0.1) is 13.8 Å². The van der Waals surface area contributed by atoms with Gasteiger partial charge in [-0.3, -0.25) is 9.48 Å². The molecule has 1 aliphatic heterocycles.